The van der Waals surface area contributed by atoms with Crippen LogP contribution in [-0.2, 0) is 0 Å². The highest BCUT2D eigenvalue weighted by Gasteiger charge is 2.27. The molecular formula is C18H19N7O2. The zero-order valence-corrected chi connectivity index (χ0v) is 15.1. The number of aryl methyl sites for hydroxylation is 1. The molecule has 138 valence electrons. The van der Waals surface area contributed by atoms with E-state index < -0.39 is 4.92 Å². The Labute approximate surface area is 157 Å². The minimum absolute atomic E-state index is 0.0672. The molecule has 0 amide bonds. The van der Waals surface area contributed by atoms with Gasteiger partial charge in [0.1, 0.15) is 6.33 Å². The van der Waals surface area contributed by atoms with Gasteiger partial charge in [-0.3, -0.25) is 10.1 Å². The van der Waals surface area contributed by atoms with E-state index in [1.54, 1.807) is 4.90 Å². The van der Waals surface area contributed by atoms with Crippen molar-refractivity contribution in [2.45, 2.75) is 26.7 Å². The van der Waals surface area contributed by atoms with Crippen molar-refractivity contribution >= 4 is 23.0 Å². The number of nitrogens with zero attached hydrogens (tertiary/aromatic N) is 6. The second kappa shape index (κ2) is 9.11. The van der Waals surface area contributed by atoms with Crippen molar-refractivity contribution in [1.82, 2.24) is 9.97 Å². The number of hydrogen-bond donors (Lipinski definition) is 1. The lowest BCUT2D eigenvalue weighted by Crippen LogP contribution is -2.27. The lowest BCUT2D eigenvalue weighted by Gasteiger charge is -2.21. The van der Waals surface area contributed by atoms with Gasteiger partial charge in [-0.2, -0.15) is 10.5 Å². The van der Waals surface area contributed by atoms with Crippen LogP contribution >= 0.6 is 0 Å². The molecule has 1 aromatic heterocycles. The van der Waals surface area contributed by atoms with Gasteiger partial charge in [0.25, 0.3) is 0 Å². The summed E-state index contributed by atoms with van der Waals surface area (Å²) in [5.74, 6) is 0.158. The molecule has 27 heavy (non-hydrogen) atoms. The van der Waals surface area contributed by atoms with Gasteiger partial charge in [-0.15, -0.1) is 0 Å². The number of rotatable bonds is 8. The van der Waals surface area contributed by atoms with Crippen LogP contribution in [0.15, 0.2) is 24.5 Å². The zero-order chi connectivity index (χ0) is 19.8. The molecule has 0 bridgehead atoms. The molecule has 0 aliphatic rings. The van der Waals surface area contributed by atoms with Gasteiger partial charge in [0, 0.05) is 18.8 Å². The van der Waals surface area contributed by atoms with Crippen molar-refractivity contribution in [3.63, 3.8) is 0 Å². The molecule has 2 aromatic rings. The number of hydrogen-bond acceptors (Lipinski definition) is 8. The van der Waals surface area contributed by atoms with Crippen molar-refractivity contribution in [2.24, 2.45) is 0 Å². The maximum atomic E-state index is 11.8. The predicted molar refractivity (Wildman–Crippen MR) is 101 cm³/mol. The lowest BCUT2D eigenvalue weighted by molar-refractivity contribution is -0.383. The average Bonchev–Trinajstić information content (AvgIpc) is 2.65. The quantitative estimate of drug-likeness (QED) is 0.556. The van der Waals surface area contributed by atoms with E-state index in [1.807, 2.05) is 44.2 Å². The van der Waals surface area contributed by atoms with Crippen LogP contribution < -0.4 is 10.2 Å². The third kappa shape index (κ3) is 4.67. The molecule has 1 aromatic carbocycles. The van der Waals surface area contributed by atoms with E-state index in [9.17, 15) is 10.1 Å². The van der Waals surface area contributed by atoms with Crippen LogP contribution in [0.1, 0.15) is 24.0 Å². The van der Waals surface area contributed by atoms with Crippen LogP contribution in [0.25, 0.3) is 0 Å². The summed E-state index contributed by atoms with van der Waals surface area (Å²) in [7, 11) is 0. The minimum Gasteiger partial charge on any atom is -0.349 e. The van der Waals surface area contributed by atoms with Gasteiger partial charge in [-0.05, 0) is 31.0 Å². The Morgan fingerprint density at radius 1 is 1.19 bits per heavy atom. The van der Waals surface area contributed by atoms with Gasteiger partial charge in [0.2, 0.25) is 11.6 Å². The van der Waals surface area contributed by atoms with Gasteiger partial charge < -0.3 is 10.2 Å². The Morgan fingerprint density at radius 2 is 1.85 bits per heavy atom. The number of nitrogens with one attached hydrogen (secondary N) is 1. The Balaban J connectivity index is 2.49. The largest absolute Gasteiger partial charge is 0.353 e. The molecule has 0 aliphatic heterocycles. The number of aromatic nitrogens is 2. The fraction of sp³-hybridized carbons (Fsp3) is 0.333. The lowest BCUT2D eigenvalue weighted by atomic mass is 10.1. The highest BCUT2D eigenvalue weighted by atomic mass is 16.6. The van der Waals surface area contributed by atoms with E-state index in [4.69, 9.17) is 10.5 Å². The standard InChI is InChI=1S/C18H19N7O2/c1-13-6-3-7-15(14(13)2)23-17-16(25(26)27)18(22-12-21-17)24(10-4-8-19)11-5-9-20/h3,6-7,12H,4-5,10-11H2,1-2H3,(H,21,22,23). The molecule has 1 heterocycles. The van der Waals surface area contributed by atoms with E-state index in [2.05, 4.69) is 15.3 Å². The second-order valence-corrected chi connectivity index (χ2v) is 5.83. The van der Waals surface area contributed by atoms with Crippen LogP contribution in [0, 0.1) is 46.6 Å². The summed E-state index contributed by atoms with van der Waals surface area (Å²) in [5, 5.41) is 32.5. The fourth-order valence-corrected chi connectivity index (χ4v) is 2.57. The molecule has 1 N–H and O–H groups in total. The van der Waals surface area contributed by atoms with Crippen LogP contribution in [0.5, 0.6) is 0 Å². The first-order chi connectivity index (χ1) is 13.0. The first-order valence-corrected chi connectivity index (χ1v) is 8.31. The Bertz CT molecular complexity index is 897. The van der Waals surface area contributed by atoms with E-state index in [0.717, 1.165) is 11.1 Å². The highest BCUT2D eigenvalue weighted by Crippen LogP contribution is 2.34. The van der Waals surface area contributed by atoms with Crippen molar-refractivity contribution in [2.75, 3.05) is 23.3 Å². The van der Waals surface area contributed by atoms with Crippen molar-refractivity contribution in [1.29, 1.82) is 10.5 Å². The summed E-state index contributed by atoms with van der Waals surface area (Å²) in [6, 6.07) is 9.63. The van der Waals surface area contributed by atoms with Gasteiger partial charge in [0.05, 0.1) is 29.9 Å². The zero-order valence-electron chi connectivity index (χ0n) is 15.1. The Morgan fingerprint density at radius 3 is 2.44 bits per heavy atom. The smallest absolute Gasteiger partial charge is 0.349 e. The third-order valence-electron chi connectivity index (χ3n) is 4.13. The average molecular weight is 365 g/mol. The van der Waals surface area contributed by atoms with Crippen LogP contribution in [0.4, 0.5) is 23.0 Å². The number of nitriles is 2. The van der Waals surface area contributed by atoms with E-state index in [0.29, 0.717) is 5.69 Å². The highest BCUT2D eigenvalue weighted by molar-refractivity contribution is 5.75. The summed E-state index contributed by atoms with van der Waals surface area (Å²) in [6.07, 6.45) is 1.56. The molecule has 9 heteroatoms. The third-order valence-corrected chi connectivity index (χ3v) is 4.13. The molecule has 0 saturated heterocycles. The Kier molecular flexibility index (Phi) is 6.61. The van der Waals surface area contributed by atoms with Crippen molar-refractivity contribution in [3.8, 4) is 12.1 Å². The predicted octanol–water partition coefficient (Wildman–Crippen LogP) is 3.38. The van der Waals surface area contributed by atoms with Crippen LogP contribution in [0.2, 0.25) is 0 Å². The molecule has 0 saturated carbocycles. The normalized spacial score (nSPS) is 9.93. The summed E-state index contributed by atoms with van der Waals surface area (Å²) in [4.78, 5) is 20.9. The summed E-state index contributed by atoms with van der Waals surface area (Å²) in [5.41, 5.74) is 2.43. The minimum atomic E-state index is -0.547. The summed E-state index contributed by atoms with van der Waals surface area (Å²) < 4.78 is 0. The topological polar surface area (TPSA) is 132 Å². The van der Waals surface area contributed by atoms with Crippen molar-refractivity contribution < 1.29 is 4.92 Å². The molecular weight excluding hydrogens is 346 g/mol. The van der Waals surface area contributed by atoms with Crippen LogP contribution in [-0.4, -0.2) is 28.0 Å². The molecule has 0 fully saturated rings. The molecule has 0 unspecified atom stereocenters. The molecule has 0 spiro atoms. The molecule has 0 radical (unpaired) electrons. The van der Waals surface area contributed by atoms with E-state index in [-0.39, 0.29) is 43.3 Å². The van der Waals surface area contributed by atoms with Crippen molar-refractivity contribution in [3.05, 3.63) is 45.8 Å². The van der Waals surface area contributed by atoms with E-state index in [1.165, 1.54) is 6.33 Å². The van der Waals surface area contributed by atoms with Crippen LogP contribution in [0.3, 0.4) is 0 Å². The maximum absolute atomic E-state index is 11.8. The molecule has 9 nitrogen and oxygen atoms in total. The number of anilines is 3. The monoisotopic (exact) mass is 365 g/mol. The van der Waals surface area contributed by atoms with Gasteiger partial charge >= 0.3 is 5.69 Å². The summed E-state index contributed by atoms with van der Waals surface area (Å²) >= 11 is 0. The molecule has 0 aliphatic carbocycles. The number of benzene rings is 1. The molecule has 2 rings (SSSR count). The SMILES string of the molecule is Cc1cccc(Nc2ncnc(N(CCC#N)CCC#N)c2[N+](=O)[O-])c1C. The van der Waals surface area contributed by atoms with Gasteiger partial charge in [-0.1, -0.05) is 12.1 Å². The first-order valence-electron chi connectivity index (χ1n) is 8.31. The fourth-order valence-electron chi connectivity index (χ4n) is 2.57. The summed E-state index contributed by atoms with van der Waals surface area (Å²) in [6.45, 7) is 4.33. The van der Waals surface area contributed by atoms with E-state index >= 15 is 0 Å². The van der Waals surface area contributed by atoms with Gasteiger partial charge in [-0.25, -0.2) is 9.97 Å². The molecule has 0 atom stereocenters. The second-order valence-electron chi connectivity index (χ2n) is 5.83. The van der Waals surface area contributed by atoms with Gasteiger partial charge in [0.15, 0.2) is 0 Å². The number of nitro groups is 1. The Hall–Kier alpha value is -3.72. The maximum Gasteiger partial charge on any atom is 0.353 e. The first kappa shape index (κ1) is 19.6.